The maximum atomic E-state index is 12.6. The van der Waals surface area contributed by atoms with E-state index in [-0.39, 0.29) is 11.9 Å². The zero-order valence-electron chi connectivity index (χ0n) is 11.0. The molecule has 1 aromatic carbocycles. The van der Waals surface area contributed by atoms with E-state index in [1.165, 1.54) is 0 Å². The van der Waals surface area contributed by atoms with Gasteiger partial charge in [-0.05, 0) is 31.0 Å². The number of aryl methyl sites for hydroxylation is 1. The van der Waals surface area contributed by atoms with E-state index in [0.717, 1.165) is 16.7 Å². The first-order valence-electron chi connectivity index (χ1n) is 6.30. The quantitative estimate of drug-likeness (QED) is 0.852. The number of amides is 1. The zero-order chi connectivity index (χ0) is 13.1. The number of carbonyl (C=O) groups excluding carboxylic acids is 1. The lowest BCUT2D eigenvalue weighted by atomic mass is 10.0. The molecule has 98 valence electrons. The second-order valence-electron chi connectivity index (χ2n) is 4.71. The van der Waals surface area contributed by atoms with Gasteiger partial charge in [-0.25, -0.2) is 0 Å². The molecule has 0 saturated carbocycles. The second kappa shape index (κ2) is 5.50. The van der Waals surface area contributed by atoms with Crippen LogP contribution in [0.25, 0.3) is 0 Å². The molecule has 0 radical (unpaired) electrons. The molecule has 0 bridgehead atoms. The van der Waals surface area contributed by atoms with Crippen molar-refractivity contribution in [2.45, 2.75) is 19.9 Å². The third-order valence-corrected chi connectivity index (χ3v) is 3.60. The molecule has 18 heavy (non-hydrogen) atoms. The van der Waals surface area contributed by atoms with Gasteiger partial charge in [-0.2, -0.15) is 0 Å². The Morgan fingerprint density at radius 3 is 3.00 bits per heavy atom. The highest BCUT2D eigenvalue weighted by molar-refractivity contribution is 5.96. The first-order chi connectivity index (χ1) is 8.65. The Kier molecular flexibility index (Phi) is 3.99. The lowest BCUT2D eigenvalue weighted by Gasteiger charge is -2.35. The minimum absolute atomic E-state index is 0.00818. The molecule has 2 rings (SSSR count). The van der Waals surface area contributed by atoms with Crippen LogP contribution in [0.4, 0.5) is 0 Å². The molecule has 1 saturated heterocycles. The van der Waals surface area contributed by atoms with Crippen molar-refractivity contribution in [3.63, 3.8) is 0 Å². The van der Waals surface area contributed by atoms with Gasteiger partial charge in [0, 0.05) is 18.7 Å². The predicted octanol–water partition coefficient (Wildman–Crippen LogP) is 1.10. The molecule has 1 atom stereocenters. The van der Waals surface area contributed by atoms with Gasteiger partial charge in [-0.15, -0.1) is 0 Å². The van der Waals surface area contributed by atoms with Crippen LogP contribution in [0.5, 0.6) is 0 Å². The van der Waals surface area contributed by atoms with E-state index in [1.807, 2.05) is 36.9 Å². The summed E-state index contributed by atoms with van der Waals surface area (Å²) < 4.78 is 5.37. The summed E-state index contributed by atoms with van der Waals surface area (Å²) in [6.07, 6.45) is 0. The number of nitrogens with two attached hydrogens (primary N) is 1. The number of hydrogen-bond acceptors (Lipinski definition) is 3. The van der Waals surface area contributed by atoms with Gasteiger partial charge in [0.25, 0.3) is 5.91 Å². The van der Waals surface area contributed by atoms with Gasteiger partial charge >= 0.3 is 0 Å². The Hall–Kier alpha value is -1.39. The summed E-state index contributed by atoms with van der Waals surface area (Å²) in [5.41, 5.74) is 8.66. The summed E-state index contributed by atoms with van der Waals surface area (Å²) in [7, 11) is 0. The maximum absolute atomic E-state index is 12.6. The lowest BCUT2D eigenvalue weighted by Crippen LogP contribution is -2.52. The Balaban J connectivity index is 2.27. The summed E-state index contributed by atoms with van der Waals surface area (Å²) in [5, 5.41) is 0. The zero-order valence-corrected chi connectivity index (χ0v) is 11.0. The number of benzene rings is 1. The fourth-order valence-corrected chi connectivity index (χ4v) is 2.25. The smallest absolute Gasteiger partial charge is 0.254 e. The van der Waals surface area contributed by atoms with Crippen LogP contribution in [0.2, 0.25) is 0 Å². The first kappa shape index (κ1) is 13.1. The molecule has 1 amide bonds. The van der Waals surface area contributed by atoms with E-state index >= 15 is 0 Å². The fourth-order valence-electron chi connectivity index (χ4n) is 2.25. The Morgan fingerprint density at radius 1 is 1.50 bits per heavy atom. The highest BCUT2D eigenvalue weighted by Crippen LogP contribution is 2.17. The molecule has 1 aliphatic heterocycles. The van der Waals surface area contributed by atoms with E-state index in [9.17, 15) is 4.79 Å². The summed E-state index contributed by atoms with van der Waals surface area (Å²) in [4.78, 5) is 14.4. The van der Waals surface area contributed by atoms with Crippen molar-refractivity contribution in [1.29, 1.82) is 0 Å². The van der Waals surface area contributed by atoms with Gasteiger partial charge in [-0.3, -0.25) is 4.79 Å². The molecule has 1 aromatic rings. The van der Waals surface area contributed by atoms with Crippen molar-refractivity contribution in [1.82, 2.24) is 4.90 Å². The number of carbonyl (C=O) groups is 1. The standard InChI is InChI=1S/C14H20N2O2/c1-10-4-3-5-13(11(10)2)14(17)16-6-7-18-9-12(16)8-15/h3-5,12H,6-9,15H2,1-2H3. The summed E-state index contributed by atoms with van der Waals surface area (Å²) in [6, 6.07) is 5.82. The normalized spacial score (nSPS) is 19.9. The van der Waals surface area contributed by atoms with E-state index in [1.54, 1.807) is 0 Å². The van der Waals surface area contributed by atoms with Gasteiger partial charge in [0.1, 0.15) is 0 Å². The van der Waals surface area contributed by atoms with Crippen LogP contribution in [0.3, 0.4) is 0 Å². The van der Waals surface area contributed by atoms with Crippen molar-refractivity contribution >= 4 is 5.91 Å². The lowest BCUT2D eigenvalue weighted by molar-refractivity contribution is 0.000794. The maximum Gasteiger partial charge on any atom is 0.254 e. The van der Waals surface area contributed by atoms with E-state index < -0.39 is 0 Å². The topological polar surface area (TPSA) is 55.6 Å². The van der Waals surface area contributed by atoms with Gasteiger partial charge in [0.2, 0.25) is 0 Å². The molecule has 0 aromatic heterocycles. The van der Waals surface area contributed by atoms with Crippen molar-refractivity contribution in [2.24, 2.45) is 5.73 Å². The highest BCUT2D eigenvalue weighted by Gasteiger charge is 2.27. The molecule has 1 unspecified atom stereocenters. The third-order valence-electron chi connectivity index (χ3n) is 3.60. The van der Waals surface area contributed by atoms with Gasteiger partial charge in [-0.1, -0.05) is 12.1 Å². The average Bonchev–Trinajstić information content (AvgIpc) is 2.41. The second-order valence-corrected chi connectivity index (χ2v) is 4.71. The van der Waals surface area contributed by atoms with Crippen LogP contribution >= 0.6 is 0 Å². The van der Waals surface area contributed by atoms with Crippen molar-refractivity contribution in [3.8, 4) is 0 Å². The number of hydrogen-bond donors (Lipinski definition) is 1. The minimum Gasteiger partial charge on any atom is -0.377 e. The van der Waals surface area contributed by atoms with Crippen LogP contribution in [0.15, 0.2) is 18.2 Å². The highest BCUT2D eigenvalue weighted by atomic mass is 16.5. The predicted molar refractivity (Wildman–Crippen MR) is 70.6 cm³/mol. The fraction of sp³-hybridized carbons (Fsp3) is 0.500. The average molecular weight is 248 g/mol. The van der Waals surface area contributed by atoms with Crippen LogP contribution < -0.4 is 5.73 Å². The number of rotatable bonds is 2. The monoisotopic (exact) mass is 248 g/mol. The SMILES string of the molecule is Cc1cccc(C(=O)N2CCOCC2CN)c1C. The van der Waals surface area contributed by atoms with Crippen molar-refractivity contribution in [2.75, 3.05) is 26.3 Å². The molecule has 0 aliphatic carbocycles. The van der Waals surface area contributed by atoms with Crippen LogP contribution in [0, 0.1) is 13.8 Å². The Labute approximate surface area is 108 Å². The number of ether oxygens (including phenoxy) is 1. The minimum atomic E-state index is -0.00818. The van der Waals surface area contributed by atoms with E-state index in [2.05, 4.69) is 0 Å². The van der Waals surface area contributed by atoms with E-state index in [0.29, 0.717) is 26.3 Å². The Morgan fingerprint density at radius 2 is 2.28 bits per heavy atom. The number of nitrogens with zero attached hydrogens (tertiary/aromatic N) is 1. The molecule has 1 heterocycles. The van der Waals surface area contributed by atoms with Gasteiger partial charge in [0.05, 0.1) is 19.3 Å². The molecule has 4 nitrogen and oxygen atoms in total. The Bertz CT molecular complexity index is 445. The summed E-state index contributed by atoms with van der Waals surface area (Å²) in [5.74, 6) is 0.0648. The molecule has 1 fully saturated rings. The largest absolute Gasteiger partial charge is 0.377 e. The van der Waals surface area contributed by atoms with Crippen molar-refractivity contribution in [3.05, 3.63) is 34.9 Å². The summed E-state index contributed by atoms with van der Waals surface area (Å²) >= 11 is 0. The third kappa shape index (κ3) is 2.40. The van der Waals surface area contributed by atoms with E-state index in [4.69, 9.17) is 10.5 Å². The molecular formula is C14H20N2O2. The molecular weight excluding hydrogens is 228 g/mol. The van der Waals surface area contributed by atoms with Crippen LogP contribution in [-0.4, -0.2) is 43.2 Å². The molecule has 0 spiro atoms. The van der Waals surface area contributed by atoms with Crippen LogP contribution in [0.1, 0.15) is 21.5 Å². The molecule has 4 heteroatoms. The van der Waals surface area contributed by atoms with Gasteiger partial charge < -0.3 is 15.4 Å². The molecule has 1 aliphatic rings. The number of morpholine rings is 1. The molecule has 2 N–H and O–H groups in total. The van der Waals surface area contributed by atoms with Crippen LogP contribution in [-0.2, 0) is 4.74 Å². The van der Waals surface area contributed by atoms with Crippen molar-refractivity contribution < 1.29 is 9.53 Å². The summed E-state index contributed by atoms with van der Waals surface area (Å²) in [6.45, 7) is 6.19. The van der Waals surface area contributed by atoms with Gasteiger partial charge in [0.15, 0.2) is 0 Å². The first-order valence-corrected chi connectivity index (χ1v) is 6.30.